The quantitative estimate of drug-likeness (QED) is 0.826. The minimum Gasteiger partial charge on any atom is -0.455 e. The van der Waals surface area contributed by atoms with Gasteiger partial charge in [0.05, 0.1) is 12.5 Å². The first-order valence-electron chi connectivity index (χ1n) is 7.29. The molecule has 2 rings (SSSR count). The summed E-state index contributed by atoms with van der Waals surface area (Å²) in [5, 5.41) is 3.40. The smallest absolute Gasteiger partial charge is 0.310 e. The fourth-order valence-corrected chi connectivity index (χ4v) is 2.20. The van der Waals surface area contributed by atoms with Crippen LogP contribution in [-0.2, 0) is 20.7 Å². The number of hydrogen-bond donors (Lipinski definition) is 1. The van der Waals surface area contributed by atoms with Crippen molar-refractivity contribution in [3.05, 3.63) is 70.7 Å². The van der Waals surface area contributed by atoms with Crippen molar-refractivity contribution >= 4 is 23.5 Å². The highest BCUT2D eigenvalue weighted by Crippen LogP contribution is 2.11. The molecular formula is C18H18ClNO3. The van der Waals surface area contributed by atoms with Crippen LogP contribution in [0.1, 0.15) is 24.1 Å². The third kappa shape index (κ3) is 5.75. The lowest BCUT2D eigenvalue weighted by atomic mass is 10.1. The van der Waals surface area contributed by atoms with Crippen LogP contribution in [0.3, 0.4) is 0 Å². The van der Waals surface area contributed by atoms with E-state index in [1.165, 1.54) is 0 Å². The molecule has 0 aliphatic heterocycles. The number of ether oxygens (including phenoxy) is 1. The van der Waals surface area contributed by atoms with Crippen LogP contribution in [-0.4, -0.2) is 18.5 Å². The molecule has 2 aromatic rings. The van der Waals surface area contributed by atoms with E-state index in [1.54, 1.807) is 24.3 Å². The van der Waals surface area contributed by atoms with E-state index in [0.29, 0.717) is 5.02 Å². The fourth-order valence-electron chi connectivity index (χ4n) is 2.07. The molecule has 0 saturated carbocycles. The van der Waals surface area contributed by atoms with Gasteiger partial charge < -0.3 is 10.1 Å². The van der Waals surface area contributed by atoms with Crippen molar-refractivity contribution in [2.24, 2.45) is 0 Å². The van der Waals surface area contributed by atoms with Gasteiger partial charge in [-0.1, -0.05) is 54.1 Å². The van der Waals surface area contributed by atoms with Gasteiger partial charge in [0.25, 0.3) is 5.91 Å². The number of nitrogens with one attached hydrogen (secondary N) is 1. The summed E-state index contributed by atoms with van der Waals surface area (Å²) in [6.07, 6.45) is 0.110. The molecular weight excluding hydrogens is 314 g/mol. The highest BCUT2D eigenvalue weighted by Gasteiger charge is 2.12. The Morgan fingerprint density at radius 1 is 1.09 bits per heavy atom. The Morgan fingerprint density at radius 2 is 1.74 bits per heavy atom. The number of benzene rings is 2. The maximum atomic E-state index is 11.8. The Hall–Kier alpha value is -2.33. The van der Waals surface area contributed by atoms with E-state index in [-0.39, 0.29) is 25.0 Å². The molecule has 1 N–H and O–H groups in total. The number of halogens is 1. The van der Waals surface area contributed by atoms with Gasteiger partial charge >= 0.3 is 5.97 Å². The molecule has 2 aromatic carbocycles. The first-order chi connectivity index (χ1) is 11.0. The summed E-state index contributed by atoms with van der Waals surface area (Å²) >= 11 is 5.78. The van der Waals surface area contributed by atoms with Gasteiger partial charge in [0.2, 0.25) is 0 Å². The summed E-state index contributed by atoms with van der Waals surface area (Å²) in [6, 6.07) is 16.4. The molecule has 5 heteroatoms. The van der Waals surface area contributed by atoms with Gasteiger partial charge in [0, 0.05) is 5.02 Å². The normalized spacial score (nSPS) is 11.6. The zero-order valence-corrected chi connectivity index (χ0v) is 13.5. The minimum absolute atomic E-state index is 0.110. The standard InChI is InChI=1S/C18H18ClNO3/c1-13(15-5-3-2-4-6-15)20-17(21)12-23-18(22)11-14-7-9-16(19)10-8-14/h2-10,13H,11-12H2,1H3,(H,20,21)/t13-/m1/s1. The van der Waals surface area contributed by atoms with Crippen molar-refractivity contribution in [1.29, 1.82) is 0 Å². The molecule has 0 aromatic heterocycles. The van der Waals surface area contributed by atoms with Gasteiger partial charge in [-0.15, -0.1) is 0 Å². The van der Waals surface area contributed by atoms with Gasteiger partial charge in [-0.05, 0) is 30.2 Å². The predicted octanol–water partition coefficient (Wildman–Crippen LogP) is 3.30. The van der Waals surface area contributed by atoms with E-state index in [4.69, 9.17) is 16.3 Å². The van der Waals surface area contributed by atoms with Gasteiger partial charge in [0.15, 0.2) is 6.61 Å². The molecule has 0 unspecified atom stereocenters. The monoisotopic (exact) mass is 331 g/mol. The van der Waals surface area contributed by atoms with Crippen molar-refractivity contribution in [2.45, 2.75) is 19.4 Å². The predicted molar refractivity (Wildman–Crippen MR) is 89.1 cm³/mol. The number of hydrogen-bond acceptors (Lipinski definition) is 3. The number of esters is 1. The highest BCUT2D eigenvalue weighted by atomic mass is 35.5. The van der Waals surface area contributed by atoms with Crippen molar-refractivity contribution < 1.29 is 14.3 Å². The number of carbonyl (C=O) groups excluding carboxylic acids is 2. The van der Waals surface area contributed by atoms with Crippen molar-refractivity contribution in [1.82, 2.24) is 5.32 Å². The van der Waals surface area contributed by atoms with Gasteiger partial charge in [0.1, 0.15) is 0 Å². The van der Waals surface area contributed by atoms with E-state index in [2.05, 4.69) is 5.32 Å². The van der Waals surface area contributed by atoms with E-state index in [9.17, 15) is 9.59 Å². The van der Waals surface area contributed by atoms with Crippen LogP contribution in [0, 0.1) is 0 Å². The largest absolute Gasteiger partial charge is 0.455 e. The first-order valence-corrected chi connectivity index (χ1v) is 7.67. The summed E-state index contributed by atoms with van der Waals surface area (Å²) in [7, 11) is 0. The zero-order valence-electron chi connectivity index (χ0n) is 12.8. The first kappa shape index (κ1) is 17.0. The second kappa shape index (κ2) is 8.34. The summed E-state index contributed by atoms with van der Waals surface area (Å²) in [5.74, 6) is -0.777. The van der Waals surface area contributed by atoms with E-state index in [0.717, 1.165) is 11.1 Å². The SMILES string of the molecule is C[C@@H](NC(=O)COC(=O)Cc1ccc(Cl)cc1)c1ccccc1. The average Bonchev–Trinajstić information content (AvgIpc) is 2.56. The number of carbonyl (C=O) groups is 2. The molecule has 1 atom stereocenters. The fraction of sp³-hybridized carbons (Fsp3) is 0.222. The molecule has 0 fully saturated rings. The van der Waals surface area contributed by atoms with Crippen molar-refractivity contribution in [3.8, 4) is 0 Å². The van der Waals surface area contributed by atoms with Crippen LogP contribution in [0.15, 0.2) is 54.6 Å². The molecule has 1 amide bonds. The molecule has 4 nitrogen and oxygen atoms in total. The highest BCUT2D eigenvalue weighted by molar-refractivity contribution is 6.30. The van der Waals surface area contributed by atoms with Gasteiger partial charge in [-0.2, -0.15) is 0 Å². The maximum Gasteiger partial charge on any atom is 0.310 e. The second-order valence-electron chi connectivity index (χ2n) is 5.16. The lowest BCUT2D eigenvalue weighted by molar-refractivity contribution is -0.148. The van der Waals surface area contributed by atoms with Crippen LogP contribution in [0.2, 0.25) is 5.02 Å². The number of amides is 1. The molecule has 0 aliphatic carbocycles. The Morgan fingerprint density at radius 3 is 2.39 bits per heavy atom. The lowest BCUT2D eigenvalue weighted by Gasteiger charge is -2.14. The molecule has 120 valence electrons. The Labute approximate surface area is 140 Å². The van der Waals surface area contributed by atoms with E-state index < -0.39 is 5.97 Å². The lowest BCUT2D eigenvalue weighted by Crippen LogP contribution is -2.31. The minimum atomic E-state index is -0.449. The Kier molecular flexibility index (Phi) is 6.18. The molecule has 0 spiro atoms. The Bertz CT molecular complexity index is 656. The summed E-state index contributed by atoms with van der Waals surface area (Å²) in [6.45, 7) is 1.59. The van der Waals surface area contributed by atoms with Crippen molar-refractivity contribution in [2.75, 3.05) is 6.61 Å². The van der Waals surface area contributed by atoms with Crippen LogP contribution in [0.25, 0.3) is 0 Å². The molecule has 0 heterocycles. The zero-order chi connectivity index (χ0) is 16.7. The van der Waals surface area contributed by atoms with Crippen LogP contribution in [0.4, 0.5) is 0 Å². The number of rotatable bonds is 6. The van der Waals surface area contributed by atoms with Crippen molar-refractivity contribution in [3.63, 3.8) is 0 Å². The van der Waals surface area contributed by atoms with Crippen LogP contribution < -0.4 is 5.32 Å². The van der Waals surface area contributed by atoms with Gasteiger partial charge in [-0.3, -0.25) is 9.59 Å². The van der Waals surface area contributed by atoms with Gasteiger partial charge in [-0.25, -0.2) is 0 Å². The topological polar surface area (TPSA) is 55.4 Å². The van der Waals surface area contributed by atoms with Crippen LogP contribution >= 0.6 is 11.6 Å². The molecule has 0 bridgehead atoms. The molecule has 0 saturated heterocycles. The maximum absolute atomic E-state index is 11.8. The van der Waals surface area contributed by atoms with E-state index in [1.807, 2.05) is 37.3 Å². The second-order valence-corrected chi connectivity index (χ2v) is 5.60. The molecule has 23 heavy (non-hydrogen) atoms. The summed E-state index contributed by atoms with van der Waals surface area (Å²) < 4.78 is 4.99. The van der Waals surface area contributed by atoms with E-state index >= 15 is 0 Å². The Balaban J connectivity index is 1.75. The summed E-state index contributed by atoms with van der Waals surface area (Å²) in [4.78, 5) is 23.5. The third-order valence-electron chi connectivity index (χ3n) is 3.30. The molecule has 0 aliphatic rings. The third-order valence-corrected chi connectivity index (χ3v) is 3.56. The summed E-state index contributed by atoms with van der Waals surface area (Å²) in [5.41, 5.74) is 1.78. The van der Waals surface area contributed by atoms with Crippen LogP contribution in [0.5, 0.6) is 0 Å². The average molecular weight is 332 g/mol. The molecule has 0 radical (unpaired) electrons.